The summed E-state index contributed by atoms with van der Waals surface area (Å²) < 4.78 is 1.70. The van der Waals surface area contributed by atoms with Crippen LogP contribution in [-0.2, 0) is 0 Å². The van der Waals surface area contributed by atoms with E-state index in [1.54, 1.807) is 16.8 Å². The summed E-state index contributed by atoms with van der Waals surface area (Å²) in [5.74, 6) is 0.286. The highest BCUT2D eigenvalue weighted by atomic mass is 35.5. The minimum Gasteiger partial charge on any atom is -0.319 e. The van der Waals surface area contributed by atoms with Crippen LogP contribution in [0.3, 0.4) is 0 Å². The molecule has 0 aliphatic rings. The van der Waals surface area contributed by atoms with Crippen LogP contribution in [0.4, 0.5) is 5.69 Å². The molecule has 0 aliphatic heterocycles. The van der Waals surface area contributed by atoms with Gasteiger partial charge in [0.25, 0.3) is 5.91 Å². The van der Waals surface area contributed by atoms with Gasteiger partial charge in [-0.15, -0.1) is 5.10 Å². The van der Waals surface area contributed by atoms with E-state index in [4.69, 9.17) is 11.6 Å². The first kappa shape index (κ1) is 20.0. The molecular weight excluding hydrogens is 420 g/mol. The number of hydrogen-bond acceptors (Lipinski definition) is 3. The summed E-state index contributed by atoms with van der Waals surface area (Å²) in [6.07, 6.45) is 0. The van der Waals surface area contributed by atoms with Gasteiger partial charge in [0.05, 0.1) is 5.69 Å². The molecule has 156 valence electrons. The Labute approximate surface area is 190 Å². The van der Waals surface area contributed by atoms with Gasteiger partial charge in [0.1, 0.15) is 0 Å². The van der Waals surface area contributed by atoms with Crippen LogP contribution in [0.25, 0.3) is 27.8 Å². The van der Waals surface area contributed by atoms with Gasteiger partial charge in [-0.3, -0.25) is 4.79 Å². The first-order chi connectivity index (χ1) is 15.6. The quantitative estimate of drug-likeness (QED) is 0.358. The number of amides is 1. The molecule has 1 amide bonds. The van der Waals surface area contributed by atoms with Gasteiger partial charge in [0.15, 0.2) is 5.82 Å². The molecule has 1 heterocycles. The third-order valence-corrected chi connectivity index (χ3v) is 5.52. The third-order valence-electron chi connectivity index (χ3n) is 5.26. The summed E-state index contributed by atoms with van der Waals surface area (Å²) in [7, 11) is 0. The highest BCUT2D eigenvalue weighted by Crippen LogP contribution is 2.25. The summed E-state index contributed by atoms with van der Waals surface area (Å²) in [5.41, 5.74) is 3.38. The minimum atomic E-state index is -0.372. The van der Waals surface area contributed by atoms with Gasteiger partial charge in [0.2, 0.25) is 5.82 Å². The predicted molar refractivity (Wildman–Crippen MR) is 128 cm³/mol. The van der Waals surface area contributed by atoms with Crippen molar-refractivity contribution in [2.45, 2.75) is 6.92 Å². The lowest BCUT2D eigenvalue weighted by Crippen LogP contribution is -2.14. The molecule has 0 saturated carbocycles. The van der Waals surface area contributed by atoms with Gasteiger partial charge in [-0.05, 0) is 65.7 Å². The standard InChI is InChI=1S/C26H19ClN4O/c1-17-6-2-5-9-23(17)31-25(19-10-13-21(27)14-11-19)29-24(30-31)26(32)28-22-15-12-18-7-3-4-8-20(18)16-22/h2-16H,1H3,(H,28,32). The Morgan fingerprint density at radius 1 is 0.875 bits per heavy atom. The number of nitrogens with one attached hydrogen (secondary N) is 1. The molecular formula is C26H19ClN4O. The fourth-order valence-corrected chi connectivity index (χ4v) is 3.74. The molecule has 32 heavy (non-hydrogen) atoms. The van der Waals surface area contributed by atoms with E-state index in [0.29, 0.717) is 16.5 Å². The van der Waals surface area contributed by atoms with Crippen LogP contribution in [-0.4, -0.2) is 20.7 Å². The zero-order valence-corrected chi connectivity index (χ0v) is 18.0. The van der Waals surface area contributed by atoms with E-state index in [1.165, 1.54) is 0 Å². The second-order valence-corrected chi connectivity index (χ2v) is 7.92. The fraction of sp³-hybridized carbons (Fsp3) is 0.0385. The SMILES string of the molecule is Cc1ccccc1-n1nc(C(=O)Nc2ccc3ccccc3c2)nc1-c1ccc(Cl)cc1. The van der Waals surface area contributed by atoms with E-state index in [-0.39, 0.29) is 11.7 Å². The van der Waals surface area contributed by atoms with Crippen LogP contribution in [0.2, 0.25) is 5.02 Å². The summed E-state index contributed by atoms with van der Waals surface area (Å²) >= 11 is 6.06. The number of nitrogens with zero attached hydrogens (tertiary/aromatic N) is 3. The van der Waals surface area contributed by atoms with Crippen molar-refractivity contribution >= 4 is 34.0 Å². The van der Waals surface area contributed by atoms with Gasteiger partial charge >= 0.3 is 0 Å². The molecule has 5 aromatic rings. The molecule has 0 unspecified atom stereocenters. The molecule has 0 spiro atoms. The largest absolute Gasteiger partial charge is 0.319 e. The van der Waals surface area contributed by atoms with Crippen molar-refractivity contribution in [3.05, 3.63) is 107 Å². The number of aromatic nitrogens is 3. The molecule has 0 radical (unpaired) electrons. The first-order valence-electron chi connectivity index (χ1n) is 10.2. The maximum atomic E-state index is 13.0. The van der Waals surface area contributed by atoms with Gasteiger partial charge in [-0.2, -0.15) is 0 Å². The second-order valence-electron chi connectivity index (χ2n) is 7.48. The molecule has 0 fully saturated rings. The summed E-state index contributed by atoms with van der Waals surface area (Å²) in [4.78, 5) is 17.6. The molecule has 0 aliphatic carbocycles. The average molecular weight is 439 g/mol. The molecule has 0 bridgehead atoms. The number of carbonyl (C=O) groups is 1. The van der Waals surface area contributed by atoms with E-state index in [0.717, 1.165) is 27.6 Å². The van der Waals surface area contributed by atoms with Crippen LogP contribution in [0.15, 0.2) is 91.0 Å². The zero-order valence-electron chi connectivity index (χ0n) is 17.3. The van der Waals surface area contributed by atoms with Crippen molar-refractivity contribution in [1.82, 2.24) is 14.8 Å². The van der Waals surface area contributed by atoms with E-state index < -0.39 is 0 Å². The van der Waals surface area contributed by atoms with Crippen molar-refractivity contribution in [2.24, 2.45) is 0 Å². The first-order valence-corrected chi connectivity index (χ1v) is 10.6. The van der Waals surface area contributed by atoms with Crippen LogP contribution < -0.4 is 5.32 Å². The molecule has 4 aromatic carbocycles. The zero-order chi connectivity index (χ0) is 22.1. The third kappa shape index (κ3) is 3.86. The van der Waals surface area contributed by atoms with Crippen LogP contribution >= 0.6 is 11.6 Å². The highest BCUT2D eigenvalue weighted by Gasteiger charge is 2.20. The number of para-hydroxylation sites is 1. The van der Waals surface area contributed by atoms with E-state index in [9.17, 15) is 4.79 Å². The van der Waals surface area contributed by atoms with Crippen molar-refractivity contribution in [3.63, 3.8) is 0 Å². The number of carbonyl (C=O) groups excluding carboxylic acids is 1. The number of hydrogen-bond donors (Lipinski definition) is 1. The fourth-order valence-electron chi connectivity index (χ4n) is 3.62. The van der Waals surface area contributed by atoms with Crippen molar-refractivity contribution in [2.75, 3.05) is 5.32 Å². The van der Waals surface area contributed by atoms with E-state index in [2.05, 4.69) is 15.4 Å². The molecule has 5 nitrogen and oxygen atoms in total. The maximum absolute atomic E-state index is 13.0. The van der Waals surface area contributed by atoms with Crippen LogP contribution in [0, 0.1) is 6.92 Å². The number of anilines is 1. The van der Waals surface area contributed by atoms with Gasteiger partial charge in [0, 0.05) is 16.3 Å². The molecule has 1 aromatic heterocycles. The van der Waals surface area contributed by atoms with Crippen molar-refractivity contribution in [1.29, 1.82) is 0 Å². The Hall–Kier alpha value is -3.96. The van der Waals surface area contributed by atoms with Gasteiger partial charge < -0.3 is 5.32 Å². The number of benzene rings is 4. The second kappa shape index (κ2) is 8.29. The summed E-state index contributed by atoms with van der Waals surface area (Å²) in [5, 5.41) is 10.3. The van der Waals surface area contributed by atoms with E-state index >= 15 is 0 Å². The molecule has 1 N–H and O–H groups in total. The molecule has 6 heteroatoms. The molecule has 0 atom stereocenters. The van der Waals surface area contributed by atoms with Gasteiger partial charge in [-0.1, -0.05) is 60.1 Å². The number of fused-ring (bicyclic) bond motifs is 1. The monoisotopic (exact) mass is 438 g/mol. The smallest absolute Gasteiger partial charge is 0.295 e. The average Bonchev–Trinajstić information content (AvgIpc) is 3.25. The number of halogens is 1. The Balaban J connectivity index is 1.54. The van der Waals surface area contributed by atoms with Crippen LogP contribution in [0.5, 0.6) is 0 Å². The lowest BCUT2D eigenvalue weighted by molar-refractivity contribution is 0.101. The topological polar surface area (TPSA) is 59.8 Å². The normalized spacial score (nSPS) is 10.9. The maximum Gasteiger partial charge on any atom is 0.295 e. The Kier molecular flexibility index (Phi) is 5.17. The molecule has 0 saturated heterocycles. The Bertz CT molecular complexity index is 1440. The van der Waals surface area contributed by atoms with Crippen LogP contribution in [0.1, 0.15) is 16.2 Å². The predicted octanol–water partition coefficient (Wildman–Crippen LogP) is 6.30. The minimum absolute atomic E-state index is 0.0892. The Morgan fingerprint density at radius 3 is 2.38 bits per heavy atom. The molecule has 5 rings (SSSR count). The summed E-state index contributed by atoms with van der Waals surface area (Å²) in [6.45, 7) is 2.00. The Morgan fingerprint density at radius 2 is 1.59 bits per heavy atom. The lowest BCUT2D eigenvalue weighted by Gasteiger charge is -2.08. The van der Waals surface area contributed by atoms with E-state index in [1.807, 2.05) is 85.8 Å². The van der Waals surface area contributed by atoms with Gasteiger partial charge in [-0.25, -0.2) is 9.67 Å². The van der Waals surface area contributed by atoms with Crippen molar-refractivity contribution < 1.29 is 4.79 Å². The van der Waals surface area contributed by atoms with Crippen molar-refractivity contribution in [3.8, 4) is 17.1 Å². The highest BCUT2D eigenvalue weighted by molar-refractivity contribution is 6.30. The number of rotatable bonds is 4. The summed E-state index contributed by atoms with van der Waals surface area (Å²) in [6, 6.07) is 29.0. The number of aryl methyl sites for hydroxylation is 1. The lowest BCUT2D eigenvalue weighted by atomic mass is 10.1.